The topological polar surface area (TPSA) is 61.8 Å². The van der Waals surface area contributed by atoms with Crippen molar-refractivity contribution in [1.29, 1.82) is 0 Å². The van der Waals surface area contributed by atoms with Gasteiger partial charge in [0.1, 0.15) is 30.1 Å². The highest BCUT2D eigenvalue weighted by Gasteiger charge is 2.11. The van der Waals surface area contributed by atoms with Crippen molar-refractivity contribution in [3.63, 3.8) is 0 Å². The third-order valence-electron chi connectivity index (χ3n) is 2.92. The molecule has 5 heteroatoms. The monoisotopic (exact) mass is 312 g/mol. The first-order chi connectivity index (χ1) is 11.2. The Hall–Kier alpha value is -3.08. The van der Waals surface area contributed by atoms with Crippen LogP contribution in [0.5, 0.6) is 17.2 Å². The zero-order valence-electron chi connectivity index (χ0n) is 12.7. The molecular weight excluding hydrogens is 296 g/mol. The predicted octanol–water partition coefficient (Wildman–Crippen LogP) is 3.64. The van der Waals surface area contributed by atoms with Crippen molar-refractivity contribution >= 4 is 12.3 Å². The standard InChI is InChI=1S/C18H16O5/c1-3-8-22-16-9-14(18(20)21-2)10-17(11-16)23-15-6-4-13(12-19)5-7-15/h3-7,9-12H,1,8H2,2H3. The summed E-state index contributed by atoms with van der Waals surface area (Å²) >= 11 is 0. The Balaban J connectivity index is 2.28. The summed E-state index contributed by atoms with van der Waals surface area (Å²) in [6, 6.07) is 11.4. The highest BCUT2D eigenvalue weighted by Crippen LogP contribution is 2.28. The van der Waals surface area contributed by atoms with Gasteiger partial charge in [-0.15, -0.1) is 0 Å². The van der Waals surface area contributed by atoms with E-state index in [4.69, 9.17) is 14.2 Å². The zero-order valence-corrected chi connectivity index (χ0v) is 12.7. The lowest BCUT2D eigenvalue weighted by Crippen LogP contribution is -2.03. The van der Waals surface area contributed by atoms with Gasteiger partial charge in [0.05, 0.1) is 12.7 Å². The number of ether oxygens (including phenoxy) is 3. The normalized spacial score (nSPS) is 9.78. The highest BCUT2D eigenvalue weighted by molar-refractivity contribution is 5.90. The molecule has 0 aliphatic rings. The van der Waals surface area contributed by atoms with Crippen molar-refractivity contribution in [3.8, 4) is 17.2 Å². The van der Waals surface area contributed by atoms with Gasteiger partial charge in [-0.2, -0.15) is 0 Å². The molecule has 0 amide bonds. The molecule has 0 heterocycles. The number of methoxy groups -OCH3 is 1. The molecule has 0 aromatic heterocycles. The van der Waals surface area contributed by atoms with Crippen LogP contribution in [0.1, 0.15) is 20.7 Å². The van der Waals surface area contributed by atoms with Crippen LogP contribution in [-0.4, -0.2) is 26.0 Å². The predicted molar refractivity (Wildman–Crippen MR) is 85.4 cm³/mol. The maximum atomic E-state index is 11.7. The van der Waals surface area contributed by atoms with Gasteiger partial charge in [0, 0.05) is 11.6 Å². The second-order valence-electron chi connectivity index (χ2n) is 4.57. The molecule has 0 aliphatic carbocycles. The summed E-state index contributed by atoms with van der Waals surface area (Å²) in [4.78, 5) is 22.4. The fraction of sp³-hybridized carbons (Fsp3) is 0.111. The molecule has 2 aromatic rings. The van der Waals surface area contributed by atoms with Crippen molar-refractivity contribution in [2.45, 2.75) is 0 Å². The Bertz CT molecular complexity index is 704. The van der Waals surface area contributed by atoms with Crippen molar-refractivity contribution in [3.05, 3.63) is 66.2 Å². The molecular formula is C18H16O5. The third kappa shape index (κ3) is 4.44. The van der Waals surface area contributed by atoms with E-state index in [1.807, 2.05) is 0 Å². The van der Waals surface area contributed by atoms with E-state index in [2.05, 4.69) is 6.58 Å². The van der Waals surface area contributed by atoms with Crippen LogP contribution < -0.4 is 9.47 Å². The Labute approximate surface area is 134 Å². The number of rotatable bonds is 7. The molecule has 0 saturated heterocycles. The van der Waals surface area contributed by atoms with Gasteiger partial charge in [-0.3, -0.25) is 4.79 Å². The highest BCUT2D eigenvalue weighted by atomic mass is 16.5. The van der Waals surface area contributed by atoms with E-state index in [1.54, 1.807) is 48.5 Å². The van der Waals surface area contributed by atoms with Gasteiger partial charge in [0.2, 0.25) is 0 Å². The molecule has 0 N–H and O–H groups in total. The second kappa shape index (κ2) is 7.79. The summed E-state index contributed by atoms with van der Waals surface area (Å²) in [5.41, 5.74) is 0.865. The van der Waals surface area contributed by atoms with E-state index in [0.29, 0.717) is 35.0 Å². The second-order valence-corrected chi connectivity index (χ2v) is 4.57. The number of hydrogen-bond donors (Lipinski definition) is 0. The van der Waals surface area contributed by atoms with Gasteiger partial charge in [0.15, 0.2) is 0 Å². The van der Waals surface area contributed by atoms with Crippen LogP contribution in [0.4, 0.5) is 0 Å². The Kier molecular flexibility index (Phi) is 5.52. The molecule has 0 fully saturated rings. The molecule has 0 radical (unpaired) electrons. The fourth-order valence-corrected chi connectivity index (χ4v) is 1.86. The molecule has 5 nitrogen and oxygen atoms in total. The number of hydrogen-bond acceptors (Lipinski definition) is 5. The summed E-state index contributed by atoms with van der Waals surface area (Å²) in [6.45, 7) is 3.88. The first-order valence-electron chi connectivity index (χ1n) is 6.86. The van der Waals surface area contributed by atoms with Crippen LogP contribution in [0, 0.1) is 0 Å². The first kappa shape index (κ1) is 16.3. The van der Waals surface area contributed by atoms with E-state index in [-0.39, 0.29) is 0 Å². The summed E-state index contributed by atoms with van der Waals surface area (Å²) in [7, 11) is 1.30. The van der Waals surface area contributed by atoms with Crippen LogP contribution in [-0.2, 0) is 4.74 Å². The van der Waals surface area contributed by atoms with Crippen molar-refractivity contribution in [1.82, 2.24) is 0 Å². The van der Waals surface area contributed by atoms with Gasteiger partial charge < -0.3 is 14.2 Å². The lowest BCUT2D eigenvalue weighted by atomic mass is 10.2. The quantitative estimate of drug-likeness (QED) is 0.444. The van der Waals surface area contributed by atoms with E-state index in [9.17, 15) is 9.59 Å². The zero-order chi connectivity index (χ0) is 16.7. The maximum Gasteiger partial charge on any atom is 0.338 e. The Morgan fingerprint density at radius 1 is 1.09 bits per heavy atom. The Morgan fingerprint density at radius 3 is 2.39 bits per heavy atom. The minimum Gasteiger partial charge on any atom is -0.489 e. The summed E-state index contributed by atoms with van der Waals surface area (Å²) in [5, 5.41) is 0. The molecule has 0 unspecified atom stereocenters. The largest absolute Gasteiger partial charge is 0.489 e. The number of aldehydes is 1. The number of esters is 1. The van der Waals surface area contributed by atoms with E-state index in [1.165, 1.54) is 7.11 Å². The molecule has 0 spiro atoms. The van der Waals surface area contributed by atoms with Gasteiger partial charge in [-0.1, -0.05) is 12.7 Å². The smallest absolute Gasteiger partial charge is 0.338 e. The average molecular weight is 312 g/mol. The molecule has 23 heavy (non-hydrogen) atoms. The molecule has 0 saturated carbocycles. The lowest BCUT2D eigenvalue weighted by molar-refractivity contribution is 0.0599. The summed E-state index contributed by atoms with van der Waals surface area (Å²) in [6.07, 6.45) is 2.35. The molecule has 0 atom stereocenters. The molecule has 0 aliphatic heterocycles. The lowest BCUT2D eigenvalue weighted by Gasteiger charge is -2.11. The van der Waals surface area contributed by atoms with Crippen molar-refractivity contribution in [2.75, 3.05) is 13.7 Å². The first-order valence-corrected chi connectivity index (χ1v) is 6.86. The maximum absolute atomic E-state index is 11.7. The van der Waals surface area contributed by atoms with E-state index >= 15 is 0 Å². The molecule has 118 valence electrons. The van der Waals surface area contributed by atoms with Crippen LogP contribution in [0.2, 0.25) is 0 Å². The minimum atomic E-state index is -0.491. The summed E-state index contributed by atoms with van der Waals surface area (Å²) < 4.78 is 15.9. The van der Waals surface area contributed by atoms with Crippen molar-refractivity contribution in [2.24, 2.45) is 0 Å². The average Bonchev–Trinajstić information content (AvgIpc) is 2.59. The summed E-state index contributed by atoms with van der Waals surface area (Å²) in [5.74, 6) is 0.931. The van der Waals surface area contributed by atoms with Crippen molar-refractivity contribution < 1.29 is 23.8 Å². The molecule has 0 bridgehead atoms. The van der Waals surface area contributed by atoms with Crippen LogP contribution in [0.15, 0.2) is 55.1 Å². The van der Waals surface area contributed by atoms with Gasteiger partial charge in [-0.25, -0.2) is 4.79 Å². The van der Waals surface area contributed by atoms with E-state index in [0.717, 1.165) is 6.29 Å². The minimum absolute atomic E-state index is 0.304. The van der Waals surface area contributed by atoms with Gasteiger partial charge >= 0.3 is 5.97 Å². The van der Waals surface area contributed by atoms with Gasteiger partial charge in [-0.05, 0) is 36.4 Å². The number of carbonyl (C=O) groups excluding carboxylic acids is 2. The number of carbonyl (C=O) groups is 2. The molecule has 2 aromatic carbocycles. The van der Waals surface area contributed by atoms with Gasteiger partial charge in [0.25, 0.3) is 0 Å². The SMILES string of the molecule is C=CCOc1cc(Oc2ccc(C=O)cc2)cc(C(=O)OC)c1. The van der Waals surface area contributed by atoms with Crippen LogP contribution in [0.3, 0.4) is 0 Å². The fourth-order valence-electron chi connectivity index (χ4n) is 1.86. The third-order valence-corrected chi connectivity index (χ3v) is 2.92. The van der Waals surface area contributed by atoms with Crippen LogP contribution >= 0.6 is 0 Å². The molecule has 2 rings (SSSR count). The van der Waals surface area contributed by atoms with E-state index < -0.39 is 5.97 Å². The van der Waals surface area contributed by atoms with Crippen LogP contribution in [0.25, 0.3) is 0 Å². The number of benzene rings is 2. The Morgan fingerprint density at radius 2 is 1.78 bits per heavy atom.